The summed E-state index contributed by atoms with van der Waals surface area (Å²) in [6, 6.07) is 1.73. The monoisotopic (exact) mass is 330 g/mol. The van der Waals surface area contributed by atoms with Crippen LogP contribution in [-0.2, 0) is 11.3 Å². The number of carbonyl (C=O) groups excluding carboxylic acids is 1. The largest absolute Gasteiger partial charge is 0.356 e. The van der Waals surface area contributed by atoms with Gasteiger partial charge < -0.3 is 10.2 Å². The van der Waals surface area contributed by atoms with E-state index in [-0.39, 0.29) is 11.5 Å². The highest BCUT2D eigenvalue weighted by atomic mass is 16.2. The Bertz CT molecular complexity index is 659. The van der Waals surface area contributed by atoms with Crippen molar-refractivity contribution >= 4 is 5.91 Å². The zero-order valence-corrected chi connectivity index (χ0v) is 14.1. The van der Waals surface area contributed by atoms with Crippen molar-refractivity contribution in [2.45, 2.75) is 44.6 Å². The van der Waals surface area contributed by atoms with Gasteiger partial charge in [-0.2, -0.15) is 0 Å². The maximum Gasteiger partial charge on any atom is 0.253 e. The molecule has 3 aliphatic rings. The van der Waals surface area contributed by atoms with Gasteiger partial charge in [-0.15, -0.1) is 0 Å². The molecule has 1 saturated carbocycles. The molecule has 1 aliphatic carbocycles. The zero-order valence-electron chi connectivity index (χ0n) is 14.1. The molecule has 6 heteroatoms. The quantitative estimate of drug-likeness (QED) is 0.873. The van der Waals surface area contributed by atoms with Crippen LogP contribution in [0, 0.1) is 11.8 Å². The molecule has 1 N–H and O–H groups in total. The lowest BCUT2D eigenvalue weighted by molar-refractivity contribution is -0.119. The summed E-state index contributed by atoms with van der Waals surface area (Å²) in [5.74, 6) is 1.75. The lowest BCUT2D eigenvalue weighted by Crippen LogP contribution is -2.39. The predicted octanol–water partition coefficient (Wildman–Crippen LogP) is 0.969. The van der Waals surface area contributed by atoms with Crippen molar-refractivity contribution in [3.8, 4) is 0 Å². The molecule has 1 aromatic rings. The van der Waals surface area contributed by atoms with Crippen LogP contribution < -0.4 is 10.9 Å². The van der Waals surface area contributed by atoms with E-state index in [0.29, 0.717) is 24.2 Å². The maximum absolute atomic E-state index is 12.2. The number of hydrogen-bond donors (Lipinski definition) is 1. The van der Waals surface area contributed by atoms with Gasteiger partial charge >= 0.3 is 0 Å². The van der Waals surface area contributed by atoms with E-state index in [1.54, 1.807) is 17.0 Å². The molecule has 6 nitrogen and oxygen atoms in total. The van der Waals surface area contributed by atoms with Gasteiger partial charge in [0.05, 0.1) is 12.0 Å². The number of rotatable bonds is 5. The van der Waals surface area contributed by atoms with Crippen LogP contribution in [0.4, 0.5) is 0 Å². The number of hydrogen-bond acceptors (Lipinski definition) is 4. The summed E-state index contributed by atoms with van der Waals surface area (Å²) in [4.78, 5) is 30.5. The Morgan fingerprint density at radius 2 is 1.88 bits per heavy atom. The average molecular weight is 330 g/mol. The van der Waals surface area contributed by atoms with E-state index < -0.39 is 0 Å². The van der Waals surface area contributed by atoms with E-state index in [1.165, 1.54) is 12.8 Å². The highest BCUT2D eigenvalue weighted by Crippen LogP contribution is 2.38. The molecule has 0 spiro atoms. The van der Waals surface area contributed by atoms with Crippen LogP contribution in [0.2, 0.25) is 0 Å². The summed E-state index contributed by atoms with van der Waals surface area (Å²) in [6.45, 7) is 4.76. The van der Waals surface area contributed by atoms with Crippen LogP contribution in [-0.4, -0.2) is 46.5 Å². The van der Waals surface area contributed by atoms with Gasteiger partial charge in [-0.25, -0.2) is 4.98 Å². The third-order valence-electron chi connectivity index (χ3n) is 5.64. The third kappa shape index (κ3) is 3.69. The first-order chi connectivity index (χ1) is 11.7. The molecule has 1 amide bonds. The summed E-state index contributed by atoms with van der Waals surface area (Å²) in [5, 5.41) is 2.91. The van der Waals surface area contributed by atoms with Crippen molar-refractivity contribution in [3.63, 3.8) is 0 Å². The van der Waals surface area contributed by atoms with E-state index in [2.05, 4.69) is 15.2 Å². The van der Waals surface area contributed by atoms with Crippen LogP contribution in [0.5, 0.6) is 0 Å². The number of nitrogens with zero attached hydrogens (tertiary/aromatic N) is 3. The number of aromatic nitrogens is 2. The predicted molar refractivity (Wildman–Crippen MR) is 90.8 cm³/mol. The first-order valence-corrected chi connectivity index (χ1v) is 9.23. The molecule has 1 unspecified atom stereocenters. The van der Waals surface area contributed by atoms with Crippen LogP contribution in [0.25, 0.3) is 0 Å². The minimum atomic E-state index is 0.102. The van der Waals surface area contributed by atoms with Crippen LogP contribution in [0.3, 0.4) is 0 Å². The van der Waals surface area contributed by atoms with E-state index in [9.17, 15) is 9.59 Å². The van der Waals surface area contributed by atoms with Gasteiger partial charge in [-0.05, 0) is 50.6 Å². The number of piperidine rings is 1. The lowest BCUT2D eigenvalue weighted by atomic mass is 9.95. The molecule has 1 aromatic heterocycles. The van der Waals surface area contributed by atoms with Gasteiger partial charge in [0.2, 0.25) is 5.91 Å². The Morgan fingerprint density at radius 1 is 1.08 bits per heavy atom. The van der Waals surface area contributed by atoms with Crippen molar-refractivity contribution < 1.29 is 4.79 Å². The fourth-order valence-corrected chi connectivity index (χ4v) is 3.97. The molecule has 0 radical (unpaired) electrons. The topological polar surface area (TPSA) is 67.2 Å². The fraction of sp³-hybridized carbons (Fsp3) is 0.722. The van der Waals surface area contributed by atoms with Crippen molar-refractivity contribution in [2.75, 3.05) is 26.2 Å². The smallest absolute Gasteiger partial charge is 0.253 e. The van der Waals surface area contributed by atoms with Crippen molar-refractivity contribution in [1.82, 2.24) is 19.8 Å². The highest BCUT2D eigenvalue weighted by Gasteiger charge is 2.27. The number of nitrogens with one attached hydrogen (secondary N) is 1. The Hall–Kier alpha value is -1.69. The molecule has 3 heterocycles. The standard InChI is InChI=1S/C18H26N4O2/c23-17-7-14(9-19-17)10-21-5-3-13(4-6-21)11-22-12-20-16(8-18(22)24)15-1-2-15/h8,12-15H,1-7,9-11H2,(H,19,23). The molecule has 4 rings (SSSR count). The Kier molecular flexibility index (Phi) is 4.39. The summed E-state index contributed by atoms with van der Waals surface area (Å²) < 4.78 is 1.78. The SMILES string of the molecule is O=C1CC(CN2CCC(Cn3cnc(C4CC4)cc3=O)CC2)CN1. The Morgan fingerprint density at radius 3 is 2.50 bits per heavy atom. The number of likely N-dealkylation sites (tertiary alicyclic amines) is 1. The molecule has 130 valence electrons. The highest BCUT2D eigenvalue weighted by molar-refractivity contribution is 5.78. The fourth-order valence-electron chi connectivity index (χ4n) is 3.97. The van der Waals surface area contributed by atoms with E-state index >= 15 is 0 Å². The second-order valence-corrected chi connectivity index (χ2v) is 7.70. The number of amides is 1. The molecular formula is C18H26N4O2. The number of carbonyl (C=O) groups is 1. The maximum atomic E-state index is 12.2. The molecule has 0 bridgehead atoms. The molecule has 2 aliphatic heterocycles. The molecule has 2 saturated heterocycles. The van der Waals surface area contributed by atoms with Gasteiger partial charge in [-0.1, -0.05) is 0 Å². The first kappa shape index (κ1) is 15.8. The Balaban J connectivity index is 1.27. The summed E-state index contributed by atoms with van der Waals surface area (Å²) in [7, 11) is 0. The first-order valence-electron chi connectivity index (χ1n) is 9.23. The van der Waals surface area contributed by atoms with Crippen LogP contribution in [0.1, 0.15) is 43.7 Å². The molecule has 0 aromatic carbocycles. The van der Waals surface area contributed by atoms with Crippen LogP contribution >= 0.6 is 0 Å². The second kappa shape index (κ2) is 6.67. The Labute approximate surface area is 142 Å². The van der Waals surface area contributed by atoms with Gasteiger partial charge in [0.1, 0.15) is 0 Å². The van der Waals surface area contributed by atoms with E-state index in [0.717, 1.165) is 51.3 Å². The molecule has 3 fully saturated rings. The lowest BCUT2D eigenvalue weighted by Gasteiger charge is -2.33. The van der Waals surface area contributed by atoms with Crippen molar-refractivity contribution in [3.05, 3.63) is 28.4 Å². The molecule has 1 atom stereocenters. The van der Waals surface area contributed by atoms with E-state index in [4.69, 9.17) is 0 Å². The second-order valence-electron chi connectivity index (χ2n) is 7.70. The van der Waals surface area contributed by atoms with Crippen molar-refractivity contribution in [1.29, 1.82) is 0 Å². The zero-order chi connectivity index (χ0) is 16.5. The van der Waals surface area contributed by atoms with Crippen LogP contribution in [0.15, 0.2) is 17.2 Å². The van der Waals surface area contributed by atoms with Gasteiger partial charge in [0, 0.05) is 38.0 Å². The minimum Gasteiger partial charge on any atom is -0.356 e. The average Bonchev–Trinajstić information content (AvgIpc) is 3.34. The van der Waals surface area contributed by atoms with Gasteiger partial charge in [-0.3, -0.25) is 14.2 Å². The van der Waals surface area contributed by atoms with Gasteiger partial charge in [0.15, 0.2) is 0 Å². The molecule has 24 heavy (non-hydrogen) atoms. The summed E-state index contributed by atoms with van der Waals surface area (Å²) in [5.41, 5.74) is 1.08. The molecular weight excluding hydrogens is 304 g/mol. The van der Waals surface area contributed by atoms with E-state index in [1.807, 2.05) is 0 Å². The summed E-state index contributed by atoms with van der Waals surface area (Å²) >= 11 is 0. The van der Waals surface area contributed by atoms with Gasteiger partial charge in [0.25, 0.3) is 5.56 Å². The van der Waals surface area contributed by atoms with Crippen molar-refractivity contribution in [2.24, 2.45) is 11.8 Å². The minimum absolute atomic E-state index is 0.102. The third-order valence-corrected chi connectivity index (χ3v) is 5.64. The summed E-state index contributed by atoms with van der Waals surface area (Å²) in [6.07, 6.45) is 7.01. The normalized spacial score (nSPS) is 25.8.